The van der Waals surface area contributed by atoms with Gasteiger partial charge in [-0.25, -0.2) is 0 Å². The Balaban J connectivity index is 1.92. The Morgan fingerprint density at radius 1 is 1.62 bits per heavy atom. The lowest BCUT2D eigenvalue weighted by atomic mass is 10.0. The highest BCUT2D eigenvalue weighted by Crippen LogP contribution is 2.29. The van der Waals surface area contributed by atoms with Crippen molar-refractivity contribution in [1.82, 2.24) is 5.32 Å². The molecule has 1 aromatic rings. The Morgan fingerprint density at radius 3 is 3.06 bits per heavy atom. The second-order valence-corrected chi connectivity index (χ2v) is 6.23. The van der Waals surface area contributed by atoms with E-state index in [9.17, 15) is 0 Å². The molecule has 3 atom stereocenters. The van der Waals surface area contributed by atoms with Gasteiger partial charge in [0.1, 0.15) is 0 Å². The highest BCUT2D eigenvalue weighted by atomic mass is 79.9. The minimum atomic E-state index is 0.394. The van der Waals surface area contributed by atoms with Gasteiger partial charge in [0.25, 0.3) is 0 Å². The topological polar surface area (TPSA) is 21.3 Å². The van der Waals surface area contributed by atoms with Crippen LogP contribution in [0, 0.1) is 0 Å². The highest BCUT2D eigenvalue weighted by molar-refractivity contribution is 9.10. The Hall–Kier alpha value is 0.1000. The third-order valence-electron chi connectivity index (χ3n) is 3.01. The lowest BCUT2D eigenvalue weighted by Gasteiger charge is -2.30. The Bertz CT molecular complexity index is 342. The van der Waals surface area contributed by atoms with Crippen molar-refractivity contribution in [2.75, 3.05) is 6.61 Å². The smallest absolute Gasteiger partial charge is 0.0561 e. The average molecular weight is 304 g/mol. The second kappa shape index (κ2) is 5.63. The zero-order valence-electron chi connectivity index (χ0n) is 9.70. The predicted octanol–water partition coefficient (Wildman–Crippen LogP) is 3.73. The van der Waals surface area contributed by atoms with Gasteiger partial charge in [0.15, 0.2) is 0 Å². The van der Waals surface area contributed by atoms with Crippen LogP contribution >= 0.6 is 27.3 Å². The van der Waals surface area contributed by atoms with Crippen LogP contribution in [0.3, 0.4) is 0 Å². The number of thiophene rings is 1. The second-order valence-electron chi connectivity index (χ2n) is 4.42. The van der Waals surface area contributed by atoms with Crippen molar-refractivity contribution < 1.29 is 4.74 Å². The summed E-state index contributed by atoms with van der Waals surface area (Å²) in [7, 11) is 0. The van der Waals surface area contributed by atoms with Gasteiger partial charge in [0.2, 0.25) is 0 Å². The van der Waals surface area contributed by atoms with E-state index in [4.69, 9.17) is 4.74 Å². The molecule has 2 heterocycles. The van der Waals surface area contributed by atoms with Crippen LogP contribution in [0.5, 0.6) is 0 Å². The molecule has 2 nitrogen and oxygen atoms in total. The third kappa shape index (κ3) is 3.06. The van der Waals surface area contributed by atoms with Gasteiger partial charge in [-0.3, -0.25) is 0 Å². The molecule has 1 fully saturated rings. The summed E-state index contributed by atoms with van der Waals surface area (Å²) in [4.78, 5) is 1.39. The number of ether oxygens (including phenoxy) is 1. The Labute approximate surface area is 110 Å². The molecule has 0 spiro atoms. The maximum absolute atomic E-state index is 5.56. The van der Waals surface area contributed by atoms with E-state index < -0.39 is 0 Å². The fourth-order valence-electron chi connectivity index (χ4n) is 2.19. The summed E-state index contributed by atoms with van der Waals surface area (Å²) in [5, 5.41) is 5.82. The standard InChI is InChI=1S/C12H18BrNOS/c1-8-7-10(3-5-15-8)14-9(2)12-11(13)4-6-16-12/h4,6,8-10,14H,3,5,7H2,1-2H3. The first-order valence-electron chi connectivity index (χ1n) is 5.77. The highest BCUT2D eigenvalue weighted by Gasteiger charge is 2.22. The molecule has 1 N–H and O–H groups in total. The first-order valence-corrected chi connectivity index (χ1v) is 7.44. The van der Waals surface area contributed by atoms with Gasteiger partial charge in [-0.15, -0.1) is 11.3 Å². The molecule has 2 rings (SSSR count). The van der Waals surface area contributed by atoms with E-state index in [0.717, 1.165) is 19.4 Å². The van der Waals surface area contributed by atoms with E-state index in [1.807, 2.05) is 0 Å². The summed E-state index contributed by atoms with van der Waals surface area (Å²) in [6, 6.07) is 3.13. The fraction of sp³-hybridized carbons (Fsp3) is 0.667. The summed E-state index contributed by atoms with van der Waals surface area (Å²) in [5.41, 5.74) is 0. The van der Waals surface area contributed by atoms with Crippen molar-refractivity contribution in [3.05, 3.63) is 20.8 Å². The lowest BCUT2D eigenvalue weighted by molar-refractivity contribution is 0.0116. The van der Waals surface area contributed by atoms with Gasteiger partial charge >= 0.3 is 0 Å². The Kier molecular flexibility index (Phi) is 4.41. The quantitative estimate of drug-likeness (QED) is 0.919. The average Bonchev–Trinajstić information content (AvgIpc) is 2.64. The van der Waals surface area contributed by atoms with Gasteiger partial charge in [0.05, 0.1) is 6.10 Å². The van der Waals surface area contributed by atoms with Crippen molar-refractivity contribution >= 4 is 27.3 Å². The number of halogens is 1. The van der Waals surface area contributed by atoms with Crippen LogP contribution in [-0.4, -0.2) is 18.8 Å². The number of nitrogens with one attached hydrogen (secondary N) is 1. The summed E-state index contributed by atoms with van der Waals surface area (Å²) >= 11 is 5.40. The Morgan fingerprint density at radius 2 is 2.44 bits per heavy atom. The third-order valence-corrected chi connectivity index (χ3v) is 5.06. The molecular formula is C12H18BrNOS. The van der Waals surface area contributed by atoms with Crippen LogP contribution in [0.2, 0.25) is 0 Å². The number of hydrogen-bond donors (Lipinski definition) is 1. The van der Waals surface area contributed by atoms with E-state index in [-0.39, 0.29) is 0 Å². The SMILES string of the molecule is CC1CC(NC(C)c2sccc2Br)CCO1. The maximum atomic E-state index is 5.56. The van der Waals surface area contributed by atoms with Crippen molar-refractivity contribution in [3.8, 4) is 0 Å². The molecule has 1 aromatic heterocycles. The predicted molar refractivity (Wildman–Crippen MR) is 72.0 cm³/mol. The zero-order chi connectivity index (χ0) is 11.5. The van der Waals surface area contributed by atoms with E-state index in [1.54, 1.807) is 11.3 Å². The summed E-state index contributed by atoms with van der Waals surface area (Å²) in [6.07, 6.45) is 2.63. The lowest BCUT2D eigenvalue weighted by Crippen LogP contribution is -2.39. The van der Waals surface area contributed by atoms with E-state index in [1.165, 1.54) is 9.35 Å². The molecule has 90 valence electrons. The minimum absolute atomic E-state index is 0.394. The molecule has 0 aromatic carbocycles. The van der Waals surface area contributed by atoms with E-state index in [0.29, 0.717) is 18.2 Å². The monoisotopic (exact) mass is 303 g/mol. The molecule has 0 amide bonds. The number of rotatable bonds is 3. The van der Waals surface area contributed by atoms with Gasteiger partial charge in [-0.2, -0.15) is 0 Å². The first kappa shape index (κ1) is 12.6. The molecule has 0 saturated carbocycles. The van der Waals surface area contributed by atoms with Gasteiger partial charge in [-0.05, 0) is 54.1 Å². The molecule has 16 heavy (non-hydrogen) atoms. The molecular weight excluding hydrogens is 286 g/mol. The van der Waals surface area contributed by atoms with Crippen molar-refractivity contribution in [1.29, 1.82) is 0 Å². The van der Waals surface area contributed by atoms with Crippen molar-refractivity contribution in [2.24, 2.45) is 0 Å². The fourth-order valence-corrected chi connectivity index (χ4v) is 3.93. The van der Waals surface area contributed by atoms with E-state index in [2.05, 4.69) is 46.5 Å². The normalized spacial score (nSPS) is 27.9. The van der Waals surface area contributed by atoms with Gasteiger partial charge < -0.3 is 10.1 Å². The van der Waals surface area contributed by atoms with Crippen LogP contribution in [0.1, 0.15) is 37.6 Å². The molecule has 3 unspecified atom stereocenters. The summed E-state index contributed by atoms with van der Waals surface area (Å²) < 4.78 is 6.78. The minimum Gasteiger partial charge on any atom is -0.378 e. The zero-order valence-corrected chi connectivity index (χ0v) is 12.1. The van der Waals surface area contributed by atoms with Crippen molar-refractivity contribution in [2.45, 2.75) is 44.9 Å². The molecule has 1 aliphatic rings. The molecule has 1 saturated heterocycles. The molecule has 1 aliphatic heterocycles. The number of hydrogen-bond acceptors (Lipinski definition) is 3. The summed E-state index contributed by atoms with van der Waals surface area (Å²) in [5.74, 6) is 0. The molecule has 4 heteroatoms. The largest absolute Gasteiger partial charge is 0.378 e. The molecule has 0 bridgehead atoms. The molecule has 0 aliphatic carbocycles. The van der Waals surface area contributed by atoms with Crippen LogP contribution < -0.4 is 5.32 Å². The maximum Gasteiger partial charge on any atom is 0.0561 e. The first-order chi connectivity index (χ1) is 7.66. The van der Waals surface area contributed by atoms with Gasteiger partial charge in [0, 0.05) is 28.0 Å². The van der Waals surface area contributed by atoms with Gasteiger partial charge in [-0.1, -0.05) is 0 Å². The van der Waals surface area contributed by atoms with Crippen LogP contribution in [0.15, 0.2) is 15.9 Å². The van der Waals surface area contributed by atoms with Crippen LogP contribution in [-0.2, 0) is 4.74 Å². The van der Waals surface area contributed by atoms with Crippen LogP contribution in [0.25, 0.3) is 0 Å². The summed E-state index contributed by atoms with van der Waals surface area (Å²) in [6.45, 7) is 5.27. The van der Waals surface area contributed by atoms with Crippen LogP contribution in [0.4, 0.5) is 0 Å². The van der Waals surface area contributed by atoms with E-state index >= 15 is 0 Å². The van der Waals surface area contributed by atoms with Crippen molar-refractivity contribution in [3.63, 3.8) is 0 Å². The molecule has 0 radical (unpaired) electrons.